The summed E-state index contributed by atoms with van der Waals surface area (Å²) in [5, 5.41) is 3.86. The third-order valence-electron chi connectivity index (χ3n) is 4.08. The number of piperidine rings is 1. The predicted octanol–water partition coefficient (Wildman–Crippen LogP) is 3.00. The fourth-order valence-corrected chi connectivity index (χ4v) is 3.04. The molecule has 0 radical (unpaired) electrons. The van der Waals surface area contributed by atoms with Crippen molar-refractivity contribution < 1.29 is 0 Å². The van der Waals surface area contributed by atoms with E-state index in [-0.39, 0.29) is 0 Å². The van der Waals surface area contributed by atoms with Crippen molar-refractivity contribution in [2.75, 3.05) is 18.0 Å². The van der Waals surface area contributed by atoms with Gasteiger partial charge in [-0.3, -0.25) is 0 Å². The van der Waals surface area contributed by atoms with E-state index in [1.807, 2.05) is 18.5 Å². The molecule has 0 aromatic carbocycles. The van der Waals surface area contributed by atoms with Crippen molar-refractivity contribution in [3.05, 3.63) is 18.5 Å². The molecule has 20 heavy (non-hydrogen) atoms. The molecule has 2 heterocycles. The topological polar surface area (TPSA) is 41.0 Å². The van der Waals surface area contributed by atoms with Crippen LogP contribution in [0.25, 0.3) is 0 Å². The van der Waals surface area contributed by atoms with Crippen molar-refractivity contribution in [1.82, 2.24) is 15.3 Å². The lowest BCUT2D eigenvalue weighted by molar-refractivity contribution is 0.338. The predicted molar refractivity (Wildman–Crippen MR) is 84.0 cm³/mol. The van der Waals surface area contributed by atoms with Gasteiger partial charge in [-0.15, -0.1) is 0 Å². The Hall–Kier alpha value is -1.16. The lowest BCUT2D eigenvalue weighted by Crippen LogP contribution is -2.46. The smallest absolute Gasteiger partial charge is 0.225 e. The molecular weight excluding hydrogens is 248 g/mol. The molecule has 0 saturated carbocycles. The minimum Gasteiger partial charge on any atom is -0.341 e. The second-order valence-electron chi connectivity index (χ2n) is 5.75. The van der Waals surface area contributed by atoms with E-state index in [0.29, 0.717) is 12.1 Å². The van der Waals surface area contributed by atoms with Gasteiger partial charge in [-0.25, -0.2) is 9.97 Å². The third kappa shape index (κ3) is 4.44. The van der Waals surface area contributed by atoms with Crippen molar-refractivity contribution >= 4 is 5.95 Å². The molecule has 0 amide bonds. The molecule has 1 aliphatic heterocycles. The van der Waals surface area contributed by atoms with Crippen molar-refractivity contribution in [3.8, 4) is 0 Å². The van der Waals surface area contributed by atoms with Crippen LogP contribution in [-0.4, -0.2) is 35.1 Å². The van der Waals surface area contributed by atoms with Crippen LogP contribution in [-0.2, 0) is 0 Å². The first-order chi connectivity index (χ1) is 9.83. The normalized spacial score (nSPS) is 16.9. The summed E-state index contributed by atoms with van der Waals surface area (Å²) in [6, 6.07) is 3.24. The molecule has 1 aromatic rings. The van der Waals surface area contributed by atoms with Gasteiger partial charge in [-0.1, -0.05) is 26.7 Å². The van der Waals surface area contributed by atoms with Crippen molar-refractivity contribution in [1.29, 1.82) is 0 Å². The molecule has 0 atom stereocenters. The highest BCUT2D eigenvalue weighted by molar-refractivity contribution is 5.29. The zero-order valence-corrected chi connectivity index (χ0v) is 12.9. The molecule has 1 aliphatic rings. The quantitative estimate of drug-likeness (QED) is 0.831. The minimum atomic E-state index is 0.665. The summed E-state index contributed by atoms with van der Waals surface area (Å²) >= 11 is 0. The first-order valence-electron chi connectivity index (χ1n) is 8.11. The van der Waals surface area contributed by atoms with E-state index in [2.05, 4.69) is 34.0 Å². The molecule has 2 rings (SSSR count). The molecule has 4 heteroatoms. The average molecular weight is 276 g/mol. The van der Waals surface area contributed by atoms with E-state index in [0.717, 1.165) is 19.0 Å². The first kappa shape index (κ1) is 15.2. The van der Waals surface area contributed by atoms with Gasteiger partial charge in [0.05, 0.1) is 0 Å². The standard InChI is InChI=1S/C16H28N4/c1-3-6-14(7-4-2)19-15-8-12-20(13-9-15)16-17-10-5-11-18-16/h5,10-11,14-15,19H,3-4,6-9,12-13H2,1-2H3. The monoisotopic (exact) mass is 276 g/mol. The molecule has 4 nitrogen and oxygen atoms in total. The van der Waals surface area contributed by atoms with Crippen molar-refractivity contribution in [2.24, 2.45) is 0 Å². The number of hydrogen-bond acceptors (Lipinski definition) is 4. The summed E-state index contributed by atoms with van der Waals surface area (Å²) in [5.74, 6) is 0.879. The van der Waals surface area contributed by atoms with Gasteiger partial charge in [-0.05, 0) is 31.7 Å². The van der Waals surface area contributed by atoms with E-state index in [1.165, 1.54) is 38.5 Å². The fraction of sp³-hybridized carbons (Fsp3) is 0.750. The van der Waals surface area contributed by atoms with Gasteiger partial charge in [0, 0.05) is 37.6 Å². The summed E-state index contributed by atoms with van der Waals surface area (Å²) in [5.41, 5.74) is 0. The summed E-state index contributed by atoms with van der Waals surface area (Å²) in [6.07, 6.45) is 11.2. The zero-order chi connectivity index (χ0) is 14.2. The van der Waals surface area contributed by atoms with Crippen LogP contribution in [0.1, 0.15) is 52.4 Å². The maximum atomic E-state index is 4.34. The second-order valence-corrected chi connectivity index (χ2v) is 5.75. The van der Waals surface area contributed by atoms with Gasteiger partial charge >= 0.3 is 0 Å². The lowest BCUT2D eigenvalue weighted by atomic mass is 10.0. The summed E-state index contributed by atoms with van der Waals surface area (Å²) in [4.78, 5) is 11.0. The van der Waals surface area contributed by atoms with Crippen molar-refractivity contribution in [2.45, 2.75) is 64.5 Å². The molecular formula is C16H28N4. The van der Waals surface area contributed by atoms with Crippen LogP contribution < -0.4 is 10.2 Å². The fourth-order valence-electron chi connectivity index (χ4n) is 3.04. The van der Waals surface area contributed by atoms with Crippen LogP contribution in [0.15, 0.2) is 18.5 Å². The van der Waals surface area contributed by atoms with Crippen LogP contribution in [0.3, 0.4) is 0 Å². The number of nitrogens with zero attached hydrogens (tertiary/aromatic N) is 3. The highest BCUT2D eigenvalue weighted by Gasteiger charge is 2.22. The minimum absolute atomic E-state index is 0.665. The van der Waals surface area contributed by atoms with Gasteiger partial charge in [0.2, 0.25) is 5.95 Å². The van der Waals surface area contributed by atoms with E-state index in [9.17, 15) is 0 Å². The maximum absolute atomic E-state index is 4.34. The second kappa shape index (κ2) is 8.20. The van der Waals surface area contributed by atoms with Crippen LogP contribution >= 0.6 is 0 Å². The third-order valence-corrected chi connectivity index (χ3v) is 4.08. The Kier molecular flexibility index (Phi) is 6.25. The summed E-state index contributed by atoms with van der Waals surface area (Å²) in [7, 11) is 0. The number of hydrogen-bond donors (Lipinski definition) is 1. The van der Waals surface area contributed by atoms with Crippen LogP contribution in [0, 0.1) is 0 Å². The van der Waals surface area contributed by atoms with E-state index in [4.69, 9.17) is 0 Å². The van der Waals surface area contributed by atoms with E-state index in [1.54, 1.807) is 0 Å². The van der Waals surface area contributed by atoms with Gasteiger partial charge in [0.1, 0.15) is 0 Å². The Bertz CT molecular complexity index is 354. The molecule has 0 spiro atoms. The van der Waals surface area contributed by atoms with Crippen molar-refractivity contribution in [3.63, 3.8) is 0 Å². The Morgan fingerprint density at radius 2 is 1.75 bits per heavy atom. The molecule has 1 N–H and O–H groups in total. The van der Waals surface area contributed by atoms with Gasteiger partial charge in [-0.2, -0.15) is 0 Å². The van der Waals surface area contributed by atoms with Crippen LogP contribution in [0.2, 0.25) is 0 Å². The molecule has 112 valence electrons. The zero-order valence-electron chi connectivity index (χ0n) is 12.9. The summed E-state index contributed by atoms with van der Waals surface area (Å²) in [6.45, 7) is 6.68. The molecule has 1 fully saturated rings. The van der Waals surface area contributed by atoms with Gasteiger partial charge < -0.3 is 10.2 Å². The van der Waals surface area contributed by atoms with Crippen LogP contribution in [0.5, 0.6) is 0 Å². The molecule has 0 aliphatic carbocycles. The Morgan fingerprint density at radius 1 is 1.15 bits per heavy atom. The highest BCUT2D eigenvalue weighted by atomic mass is 15.3. The molecule has 1 aromatic heterocycles. The number of nitrogens with one attached hydrogen (secondary N) is 1. The van der Waals surface area contributed by atoms with Gasteiger partial charge in [0.25, 0.3) is 0 Å². The molecule has 1 saturated heterocycles. The number of anilines is 1. The average Bonchev–Trinajstić information content (AvgIpc) is 2.49. The highest BCUT2D eigenvalue weighted by Crippen LogP contribution is 2.17. The number of aromatic nitrogens is 2. The van der Waals surface area contributed by atoms with Crippen LogP contribution in [0.4, 0.5) is 5.95 Å². The Balaban J connectivity index is 1.79. The SMILES string of the molecule is CCCC(CCC)NC1CCN(c2ncccn2)CC1. The Labute approximate surface area is 123 Å². The summed E-state index contributed by atoms with van der Waals surface area (Å²) < 4.78 is 0. The van der Waals surface area contributed by atoms with E-state index < -0.39 is 0 Å². The Morgan fingerprint density at radius 3 is 2.30 bits per heavy atom. The lowest BCUT2D eigenvalue weighted by Gasteiger charge is -2.34. The molecule has 0 unspecified atom stereocenters. The first-order valence-corrected chi connectivity index (χ1v) is 8.11. The largest absolute Gasteiger partial charge is 0.341 e. The number of rotatable bonds is 7. The van der Waals surface area contributed by atoms with E-state index >= 15 is 0 Å². The molecule has 0 bridgehead atoms. The maximum Gasteiger partial charge on any atom is 0.225 e. The van der Waals surface area contributed by atoms with Gasteiger partial charge in [0.15, 0.2) is 0 Å².